The summed E-state index contributed by atoms with van der Waals surface area (Å²) in [6.45, 7) is 0. The molecule has 1 atom stereocenters. The van der Waals surface area contributed by atoms with Crippen molar-refractivity contribution in [1.82, 2.24) is 0 Å². The van der Waals surface area contributed by atoms with Crippen molar-refractivity contribution in [1.29, 1.82) is 0 Å². The van der Waals surface area contributed by atoms with E-state index in [1.165, 1.54) is 0 Å². The topological polar surface area (TPSA) is 35.2 Å². The summed E-state index contributed by atoms with van der Waals surface area (Å²) < 4.78 is 30.7. The van der Waals surface area contributed by atoms with Gasteiger partial charge in [0.25, 0.3) is 6.43 Å². The second-order valence-corrected chi connectivity index (χ2v) is 4.35. The molecule has 1 aliphatic rings. The van der Waals surface area contributed by atoms with E-state index in [-0.39, 0.29) is 6.42 Å². The molecule has 1 aromatic rings. The van der Waals surface area contributed by atoms with Crippen LogP contribution in [0.4, 0.5) is 8.78 Å². The summed E-state index contributed by atoms with van der Waals surface area (Å²) in [5, 5.41) is 0. The zero-order valence-corrected chi connectivity index (χ0v) is 9.17. The van der Waals surface area contributed by atoms with Gasteiger partial charge in [-0.25, -0.2) is 8.78 Å². The van der Waals surface area contributed by atoms with Crippen LogP contribution in [-0.4, -0.2) is 19.1 Å². The summed E-state index contributed by atoms with van der Waals surface area (Å²) in [5.74, 6) is 0.692. The van der Waals surface area contributed by atoms with Gasteiger partial charge in [-0.1, -0.05) is 6.07 Å². The van der Waals surface area contributed by atoms with Crippen LogP contribution in [0.15, 0.2) is 18.2 Å². The highest BCUT2D eigenvalue weighted by molar-refractivity contribution is 5.39. The van der Waals surface area contributed by atoms with E-state index in [1.807, 2.05) is 12.1 Å². The van der Waals surface area contributed by atoms with Gasteiger partial charge in [0.1, 0.15) is 5.75 Å². The van der Waals surface area contributed by atoms with E-state index in [2.05, 4.69) is 0 Å². The highest BCUT2D eigenvalue weighted by Crippen LogP contribution is 2.33. The molecule has 1 aliphatic carbocycles. The number of ether oxygens (including phenoxy) is 1. The number of fused-ring (bicyclic) bond motifs is 1. The summed E-state index contributed by atoms with van der Waals surface area (Å²) in [7, 11) is 1.56. The summed E-state index contributed by atoms with van der Waals surface area (Å²) in [4.78, 5) is 0. The third-order valence-electron chi connectivity index (χ3n) is 3.23. The van der Waals surface area contributed by atoms with E-state index >= 15 is 0 Å². The highest BCUT2D eigenvalue weighted by atomic mass is 19.3. The van der Waals surface area contributed by atoms with Crippen molar-refractivity contribution in [2.45, 2.75) is 31.2 Å². The van der Waals surface area contributed by atoms with Crippen molar-refractivity contribution in [3.8, 4) is 5.75 Å². The van der Waals surface area contributed by atoms with Crippen LogP contribution in [0.2, 0.25) is 0 Å². The Labute approximate surface area is 93.4 Å². The first kappa shape index (κ1) is 11.3. The van der Waals surface area contributed by atoms with Crippen LogP contribution in [0, 0.1) is 0 Å². The first-order valence-corrected chi connectivity index (χ1v) is 5.28. The monoisotopic (exact) mass is 227 g/mol. The van der Waals surface area contributed by atoms with Crippen LogP contribution in [0.5, 0.6) is 5.75 Å². The van der Waals surface area contributed by atoms with Gasteiger partial charge < -0.3 is 10.5 Å². The predicted molar refractivity (Wildman–Crippen MR) is 57.9 cm³/mol. The van der Waals surface area contributed by atoms with Gasteiger partial charge in [0, 0.05) is 0 Å². The Bertz CT molecular complexity index is 395. The van der Waals surface area contributed by atoms with Gasteiger partial charge in [0.05, 0.1) is 12.6 Å². The molecule has 88 valence electrons. The fourth-order valence-corrected chi connectivity index (χ4v) is 2.13. The van der Waals surface area contributed by atoms with E-state index in [0.29, 0.717) is 18.6 Å². The highest BCUT2D eigenvalue weighted by Gasteiger charge is 2.38. The maximum absolute atomic E-state index is 12.8. The second-order valence-electron chi connectivity index (χ2n) is 4.35. The van der Waals surface area contributed by atoms with Crippen LogP contribution in [0.1, 0.15) is 17.5 Å². The standard InChI is InChI=1S/C12H15F2NO/c1-16-10-3-2-8-4-5-12(15,11(13)14)7-9(8)6-10/h2-3,6,11H,4-5,7,15H2,1H3. The third kappa shape index (κ3) is 1.89. The molecule has 1 aromatic carbocycles. The molecule has 0 saturated heterocycles. The van der Waals surface area contributed by atoms with Crippen molar-refractivity contribution in [2.24, 2.45) is 5.73 Å². The van der Waals surface area contributed by atoms with Crippen molar-refractivity contribution in [3.63, 3.8) is 0 Å². The zero-order valence-electron chi connectivity index (χ0n) is 9.17. The van der Waals surface area contributed by atoms with Crippen LogP contribution in [0.3, 0.4) is 0 Å². The lowest BCUT2D eigenvalue weighted by Gasteiger charge is -2.34. The Morgan fingerprint density at radius 3 is 2.75 bits per heavy atom. The molecule has 0 fully saturated rings. The molecular formula is C12H15F2NO. The van der Waals surface area contributed by atoms with Crippen LogP contribution in [-0.2, 0) is 12.8 Å². The minimum atomic E-state index is -2.48. The number of nitrogens with two attached hydrogens (primary N) is 1. The average Bonchev–Trinajstić information content (AvgIpc) is 2.27. The molecular weight excluding hydrogens is 212 g/mol. The molecule has 4 heteroatoms. The molecule has 0 radical (unpaired) electrons. The smallest absolute Gasteiger partial charge is 0.256 e. The van der Waals surface area contributed by atoms with Gasteiger partial charge in [-0.2, -0.15) is 0 Å². The Kier molecular flexibility index (Phi) is 2.84. The van der Waals surface area contributed by atoms with Gasteiger partial charge in [0.2, 0.25) is 0 Å². The summed E-state index contributed by atoms with van der Waals surface area (Å²) in [6.07, 6.45) is -1.31. The lowest BCUT2D eigenvalue weighted by molar-refractivity contribution is 0.0453. The molecule has 2 rings (SSSR count). The molecule has 0 heterocycles. The molecule has 0 saturated carbocycles. The first-order chi connectivity index (χ1) is 7.55. The largest absolute Gasteiger partial charge is 0.497 e. The molecule has 0 aliphatic heterocycles. The minimum Gasteiger partial charge on any atom is -0.497 e. The summed E-state index contributed by atoms with van der Waals surface area (Å²) in [5.41, 5.74) is 6.32. The third-order valence-corrected chi connectivity index (χ3v) is 3.23. The van der Waals surface area contributed by atoms with E-state index in [4.69, 9.17) is 10.5 Å². The van der Waals surface area contributed by atoms with Crippen LogP contribution < -0.4 is 10.5 Å². The number of hydrogen-bond acceptors (Lipinski definition) is 2. The van der Waals surface area contributed by atoms with E-state index in [1.54, 1.807) is 13.2 Å². The second kappa shape index (κ2) is 4.01. The Hall–Kier alpha value is -1.16. The van der Waals surface area contributed by atoms with Gasteiger partial charge in [-0.15, -0.1) is 0 Å². The molecule has 2 N–H and O–H groups in total. The Morgan fingerprint density at radius 2 is 2.12 bits per heavy atom. The van der Waals surface area contributed by atoms with Gasteiger partial charge in [-0.3, -0.25) is 0 Å². The quantitative estimate of drug-likeness (QED) is 0.840. The number of alkyl halides is 2. The van der Waals surface area contributed by atoms with Crippen molar-refractivity contribution in [2.75, 3.05) is 7.11 Å². The SMILES string of the molecule is COc1ccc2c(c1)CC(N)(C(F)F)CC2. The van der Waals surface area contributed by atoms with E-state index in [9.17, 15) is 8.78 Å². The number of aryl methyl sites for hydroxylation is 1. The van der Waals surface area contributed by atoms with Crippen LogP contribution in [0.25, 0.3) is 0 Å². The molecule has 2 nitrogen and oxygen atoms in total. The fourth-order valence-electron chi connectivity index (χ4n) is 2.13. The number of halogens is 2. The molecule has 0 amide bonds. The van der Waals surface area contributed by atoms with Crippen molar-refractivity contribution >= 4 is 0 Å². The normalized spacial score (nSPS) is 24.3. The predicted octanol–water partition coefficient (Wildman–Crippen LogP) is 2.15. The van der Waals surface area contributed by atoms with Crippen molar-refractivity contribution < 1.29 is 13.5 Å². The number of rotatable bonds is 2. The summed E-state index contributed by atoms with van der Waals surface area (Å²) in [6, 6.07) is 5.59. The maximum Gasteiger partial charge on any atom is 0.256 e. The average molecular weight is 227 g/mol. The molecule has 16 heavy (non-hydrogen) atoms. The Morgan fingerprint density at radius 1 is 1.38 bits per heavy atom. The lowest BCUT2D eigenvalue weighted by Crippen LogP contribution is -2.51. The first-order valence-electron chi connectivity index (χ1n) is 5.28. The molecule has 1 unspecified atom stereocenters. The zero-order chi connectivity index (χ0) is 11.8. The van der Waals surface area contributed by atoms with E-state index < -0.39 is 12.0 Å². The maximum atomic E-state index is 12.8. The molecule has 0 aromatic heterocycles. The lowest BCUT2D eigenvalue weighted by atomic mass is 9.79. The van der Waals surface area contributed by atoms with Crippen molar-refractivity contribution in [3.05, 3.63) is 29.3 Å². The summed E-state index contributed by atoms with van der Waals surface area (Å²) >= 11 is 0. The van der Waals surface area contributed by atoms with Crippen LogP contribution >= 0.6 is 0 Å². The number of benzene rings is 1. The number of hydrogen-bond donors (Lipinski definition) is 1. The van der Waals surface area contributed by atoms with Gasteiger partial charge >= 0.3 is 0 Å². The number of methoxy groups -OCH3 is 1. The van der Waals surface area contributed by atoms with Gasteiger partial charge in [0.15, 0.2) is 0 Å². The minimum absolute atomic E-state index is 0.219. The molecule has 0 bridgehead atoms. The molecule has 0 spiro atoms. The fraction of sp³-hybridized carbons (Fsp3) is 0.500. The van der Waals surface area contributed by atoms with Gasteiger partial charge in [-0.05, 0) is 42.5 Å². The Balaban J connectivity index is 2.31. The van der Waals surface area contributed by atoms with E-state index in [0.717, 1.165) is 11.1 Å².